The van der Waals surface area contributed by atoms with Crippen LogP contribution in [0.1, 0.15) is 56.4 Å². The first-order chi connectivity index (χ1) is 16.9. The van der Waals surface area contributed by atoms with Crippen LogP contribution in [0.25, 0.3) is 0 Å². The number of hydrogen-bond donors (Lipinski definition) is 1. The quantitative estimate of drug-likeness (QED) is 0.291. The molecule has 1 aliphatic rings. The fourth-order valence-corrected chi connectivity index (χ4v) is 4.49. The molecular weight excluding hydrogens is 465 g/mol. The van der Waals surface area contributed by atoms with Crippen molar-refractivity contribution in [2.75, 3.05) is 11.9 Å². The smallest absolute Gasteiger partial charge is 0.132 e. The van der Waals surface area contributed by atoms with Gasteiger partial charge < -0.3 is 19.5 Å². The van der Waals surface area contributed by atoms with Gasteiger partial charge in [-0.05, 0) is 73.9 Å². The number of ether oxygens (including phenoxy) is 3. The standard InChI is InChI=1S/C29H33ClFNO3/c1-4-5-15-33-27-25-17-24(32-18-21-7-6-8-22(30)16-21)13-14-26(25)35-29(2,3)28(27)34-19-20-9-11-23(31)12-10-20/h6-14,16-17,27-28,32H,4-5,15,18-19H2,1-3H3. The van der Waals surface area contributed by atoms with Crippen LogP contribution in [0.3, 0.4) is 0 Å². The number of rotatable bonds is 10. The zero-order chi connectivity index (χ0) is 24.8. The van der Waals surface area contributed by atoms with E-state index in [1.807, 2.05) is 50.2 Å². The van der Waals surface area contributed by atoms with E-state index in [-0.39, 0.29) is 18.0 Å². The summed E-state index contributed by atoms with van der Waals surface area (Å²) in [5, 5.41) is 4.20. The molecule has 0 bridgehead atoms. The summed E-state index contributed by atoms with van der Waals surface area (Å²) in [7, 11) is 0. The monoisotopic (exact) mass is 497 g/mol. The van der Waals surface area contributed by atoms with Crippen LogP contribution in [-0.2, 0) is 22.6 Å². The summed E-state index contributed by atoms with van der Waals surface area (Å²) in [6.07, 6.45) is 1.36. The van der Waals surface area contributed by atoms with Gasteiger partial charge >= 0.3 is 0 Å². The van der Waals surface area contributed by atoms with Gasteiger partial charge in [-0.15, -0.1) is 0 Å². The lowest BCUT2D eigenvalue weighted by Gasteiger charge is -2.44. The van der Waals surface area contributed by atoms with Gasteiger partial charge in [0.2, 0.25) is 0 Å². The highest BCUT2D eigenvalue weighted by Crippen LogP contribution is 2.44. The molecule has 3 aromatic rings. The summed E-state index contributed by atoms with van der Waals surface area (Å²) < 4.78 is 32.6. The predicted octanol–water partition coefficient (Wildman–Crippen LogP) is 7.71. The number of halogens is 2. The van der Waals surface area contributed by atoms with E-state index in [1.165, 1.54) is 12.1 Å². The molecule has 2 unspecified atom stereocenters. The summed E-state index contributed by atoms with van der Waals surface area (Å²) in [4.78, 5) is 0. The third-order valence-corrected chi connectivity index (χ3v) is 6.41. The molecule has 0 saturated carbocycles. The normalized spacial score (nSPS) is 18.5. The van der Waals surface area contributed by atoms with E-state index in [4.69, 9.17) is 25.8 Å². The van der Waals surface area contributed by atoms with Gasteiger partial charge in [-0.1, -0.05) is 49.2 Å². The van der Waals surface area contributed by atoms with E-state index in [0.717, 1.165) is 46.0 Å². The Morgan fingerprint density at radius 1 is 1.00 bits per heavy atom. The molecule has 0 aliphatic carbocycles. The number of hydrogen-bond acceptors (Lipinski definition) is 4. The fraction of sp³-hybridized carbons (Fsp3) is 0.379. The van der Waals surface area contributed by atoms with Crippen LogP contribution >= 0.6 is 11.6 Å². The first-order valence-corrected chi connectivity index (χ1v) is 12.5. The molecule has 0 spiro atoms. The fourth-order valence-electron chi connectivity index (χ4n) is 4.28. The Labute approximate surface area is 212 Å². The third-order valence-electron chi connectivity index (χ3n) is 6.17. The van der Waals surface area contributed by atoms with E-state index < -0.39 is 5.60 Å². The van der Waals surface area contributed by atoms with Crippen molar-refractivity contribution >= 4 is 17.3 Å². The molecule has 1 N–H and O–H groups in total. The number of anilines is 1. The Kier molecular flexibility index (Phi) is 8.32. The van der Waals surface area contributed by atoms with Crippen molar-refractivity contribution in [1.29, 1.82) is 0 Å². The average molecular weight is 498 g/mol. The van der Waals surface area contributed by atoms with E-state index in [9.17, 15) is 4.39 Å². The summed E-state index contributed by atoms with van der Waals surface area (Å²) in [6.45, 7) is 7.81. The predicted molar refractivity (Wildman–Crippen MR) is 139 cm³/mol. The lowest BCUT2D eigenvalue weighted by molar-refractivity contribution is -0.167. The van der Waals surface area contributed by atoms with Gasteiger partial charge in [-0.25, -0.2) is 4.39 Å². The molecule has 0 saturated heterocycles. The zero-order valence-corrected chi connectivity index (χ0v) is 21.3. The lowest BCUT2D eigenvalue weighted by Crippen LogP contribution is -2.51. The van der Waals surface area contributed by atoms with Crippen molar-refractivity contribution < 1.29 is 18.6 Å². The minimum Gasteiger partial charge on any atom is -0.485 e. The van der Waals surface area contributed by atoms with Crippen molar-refractivity contribution in [3.8, 4) is 5.75 Å². The van der Waals surface area contributed by atoms with Crippen molar-refractivity contribution in [1.82, 2.24) is 0 Å². The summed E-state index contributed by atoms with van der Waals surface area (Å²) in [5.41, 5.74) is 3.31. The molecule has 4 nitrogen and oxygen atoms in total. The number of benzene rings is 3. The molecule has 3 aromatic carbocycles. The van der Waals surface area contributed by atoms with Gasteiger partial charge in [-0.2, -0.15) is 0 Å². The molecule has 2 atom stereocenters. The topological polar surface area (TPSA) is 39.7 Å². The summed E-state index contributed by atoms with van der Waals surface area (Å²) >= 11 is 6.13. The van der Waals surface area contributed by atoms with E-state index in [2.05, 4.69) is 18.3 Å². The molecular formula is C29H33ClFNO3. The third kappa shape index (κ3) is 6.54. The van der Waals surface area contributed by atoms with Gasteiger partial charge in [-0.3, -0.25) is 0 Å². The van der Waals surface area contributed by atoms with Crippen LogP contribution < -0.4 is 10.1 Å². The molecule has 0 fully saturated rings. The number of nitrogens with one attached hydrogen (secondary N) is 1. The van der Waals surface area contributed by atoms with Crippen LogP contribution in [-0.4, -0.2) is 18.3 Å². The first kappa shape index (κ1) is 25.5. The lowest BCUT2D eigenvalue weighted by atomic mass is 9.87. The molecule has 0 radical (unpaired) electrons. The minimum absolute atomic E-state index is 0.261. The second-order valence-electron chi connectivity index (χ2n) is 9.44. The highest BCUT2D eigenvalue weighted by atomic mass is 35.5. The molecule has 0 amide bonds. The van der Waals surface area contributed by atoms with Gasteiger partial charge in [0.15, 0.2) is 0 Å². The Balaban J connectivity index is 1.57. The van der Waals surface area contributed by atoms with Crippen LogP contribution in [0.5, 0.6) is 5.75 Å². The van der Waals surface area contributed by atoms with Gasteiger partial charge in [0.25, 0.3) is 0 Å². The summed E-state index contributed by atoms with van der Waals surface area (Å²) in [5.74, 6) is 0.536. The zero-order valence-electron chi connectivity index (χ0n) is 20.5. The maximum atomic E-state index is 13.3. The van der Waals surface area contributed by atoms with E-state index in [0.29, 0.717) is 19.8 Å². The van der Waals surface area contributed by atoms with Crippen LogP contribution in [0.2, 0.25) is 5.02 Å². The Bertz CT molecular complexity index is 1120. The summed E-state index contributed by atoms with van der Waals surface area (Å²) in [6, 6.07) is 20.3. The molecule has 35 heavy (non-hydrogen) atoms. The Morgan fingerprint density at radius 2 is 1.80 bits per heavy atom. The maximum absolute atomic E-state index is 13.3. The van der Waals surface area contributed by atoms with Crippen LogP contribution in [0.4, 0.5) is 10.1 Å². The van der Waals surface area contributed by atoms with E-state index >= 15 is 0 Å². The second kappa shape index (κ2) is 11.4. The second-order valence-corrected chi connectivity index (χ2v) is 9.88. The van der Waals surface area contributed by atoms with Crippen molar-refractivity contribution in [2.24, 2.45) is 0 Å². The molecule has 1 heterocycles. The van der Waals surface area contributed by atoms with Gasteiger partial charge in [0.1, 0.15) is 29.4 Å². The molecule has 6 heteroatoms. The number of unbranched alkanes of at least 4 members (excludes halogenated alkanes) is 1. The van der Waals surface area contributed by atoms with Crippen molar-refractivity contribution in [2.45, 2.75) is 64.6 Å². The van der Waals surface area contributed by atoms with Crippen LogP contribution in [0.15, 0.2) is 66.7 Å². The van der Waals surface area contributed by atoms with Crippen molar-refractivity contribution in [3.63, 3.8) is 0 Å². The highest BCUT2D eigenvalue weighted by Gasteiger charge is 2.45. The molecule has 186 valence electrons. The maximum Gasteiger partial charge on any atom is 0.132 e. The highest BCUT2D eigenvalue weighted by molar-refractivity contribution is 6.30. The Hall–Kier alpha value is -2.60. The van der Waals surface area contributed by atoms with E-state index in [1.54, 1.807) is 12.1 Å². The first-order valence-electron chi connectivity index (χ1n) is 12.1. The van der Waals surface area contributed by atoms with Gasteiger partial charge in [0.05, 0.1) is 6.61 Å². The largest absolute Gasteiger partial charge is 0.485 e. The molecule has 0 aromatic heterocycles. The average Bonchev–Trinajstić information content (AvgIpc) is 2.83. The van der Waals surface area contributed by atoms with Gasteiger partial charge in [0, 0.05) is 29.4 Å². The minimum atomic E-state index is -0.611. The Morgan fingerprint density at radius 3 is 2.54 bits per heavy atom. The molecule has 1 aliphatic heterocycles. The van der Waals surface area contributed by atoms with Crippen LogP contribution in [0, 0.1) is 5.82 Å². The molecule has 4 rings (SSSR count). The number of fused-ring (bicyclic) bond motifs is 1. The SMILES string of the molecule is CCCCOC1c2cc(NCc3cccc(Cl)c3)ccc2OC(C)(C)C1OCc1ccc(F)cc1. The van der Waals surface area contributed by atoms with Crippen molar-refractivity contribution in [3.05, 3.63) is 94.3 Å².